The summed E-state index contributed by atoms with van der Waals surface area (Å²) in [4.78, 5) is 0. The van der Waals surface area contributed by atoms with Crippen molar-refractivity contribution in [2.24, 2.45) is 0 Å². The molecule has 0 bridgehead atoms. The van der Waals surface area contributed by atoms with Crippen molar-refractivity contribution in [1.29, 1.82) is 0 Å². The maximum Gasteiger partial charge on any atom is 0.485 e. The Bertz CT molecular complexity index is 615. The summed E-state index contributed by atoms with van der Waals surface area (Å²) in [6, 6.07) is 8.74. The number of hydrogen-bond acceptors (Lipinski definition) is 4. The second-order valence-electron chi connectivity index (χ2n) is 5.60. The van der Waals surface area contributed by atoms with Gasteiger partial charge in [0.05, 0.1) is 7.11 Å². The van der Waals surface area contributed by atoms with E-state index >= 15 is 0 Å². The molecule has 0 aromatic heterocycles. The van der Waals surface area contributed by atoms with E-state index in [1.807, 2.05) is 0 Å². The van der Waals surface area contributed by atoms with Gasteiger partial charge in [-0.15, -0.1) is 0 Å². The molecule has 0 N–H and O–H groups in total. The van der Waals surface area contributed by atoms with Crippen LogP contribution >= 0.6 is 0 Å². The van der Waals surface area contributed by atoms with Gasteiger partial charge in [-0.2, -0.15) is 13.2 Å². The summed E-state index contributed by atoms with van der Waals surface area (Å²) in [5.41, 5.74) is -4.12. The number of benzene rings is 1. The van der Waals surface area contributed by atoms with E-state index in [2.05, 4.69) is 31.2 Å². The minimum absolute atomic E-state index is 0.635. The lowest BCUT2D eigenvalue weighted by atomic mass is 10.1. The van der Waals surface area contributed by atoms with Crippen LogP contribution in [0.15, 0.2) is 24.3 Å². The fourth-order valence-corrected chi connectivity index (χ4v) is 5.53. The molecule has 0 aliphatic carbocycles. The number of rotatable bonds is 5. The number of unbranched alkanes of at least 4 members (excludes halogenated alkanes) is 1. The molecular weight excluding hydrogens is 377 g/mol. The number of alkyl halides is 3. The van der Waals surface area contributed by atoms with Gasteiger partial charge in [0.2, 0.25) is 0 Å². The van der Waals surface area contributed by atoms with E-state index in [9.17, 15) is 13.2 Å². The summed E-state index contributed by atoms with van der Waals surface area (Å²) >= 11 is 0. The SMILES string of the molecule is CCCC[S+]1CCCC1c1ccc(OC)cc1.O=S(=O)([O-])C(F)(F)F. The van der Waals surface area contributed by atoms with Gasteiger partial charge in [0.25, 0.3) is 0 Å². The van der Waals surface area contributed by atoms with Gasteiger partial charge in [0.1, 0.15) is 22.5 Å². The van der Waals surface area contributed by atoms with E-state index in [1.165, 1.54) is 42.8 Å². The molecule has 1 aliphatic heterocycles. The van der Waals surface area contributed by atoms with Gasteiger partial charge in [-0.1, -0.05) is 25.5 Å². The highest BCUT2D eigenvalue weighted by atomic mass is 32.2. The second kappa shape index (κ2) is 9.68. The Morgan fingerprint density at radius 3 is 2.28 bits per heavy atom. The smallest absolute Gasteiger partial charge is 0.485 e. The molecule has 9 heteroatoms. The summed E-state index contributed by atoms with van der Waals surface area (Å²) in [6.07, 6.45) is 5.54. The zero-order valence-electron chi connectivity index (χ0n) is 14.2. The fourth-order valence-electron chi connectivity index (χ4n) is 2.51. The molecule has 0 radical (unpaired) electrons. The predicted molar refractivity (Wildman–Crippen MR) is 92.7 cm³/mol. The summed E-state index contributed by atoms with van der Waals surface area (Å²) in [5.74, 6) is 3.87. The molecule has 2 unspecified atom stereocenters. The van der Waals surface area contributed by atoms with Gasteiger partial charge >= 0.3 is 5.51 Å². The van der Waals surface area contributed by atoms with Crippen LogP contribution in [0.4, 0.5) is 13.2 Å². The molecule has 2 atom stereocenters. The van der Waals surface area contributed by atoms with Crippen molar-refractivity contribution in [3.8, 4) is 5.75 Å². The predicted octanol–water partition coefficient (Wildman–Crippen LogP) is 4.00. The third-order valence-electron chi connectivity index (χ3n) is 3.81. The van der Waals surface area contributed by atoms with Crippen LogP contribution in [0.1, 0.15) is 43.4 Å². The molecule has 1 aliphatic rings. The Balaban J connectivity index is 0.000000333. The summed E-state index contributed by atoms with van der Waals surface area (Å²) in [6.45, 7) is 2.29. The Morgan fingerprint density at radius 1 is 1.28 bits per heavy atom. The maximum atomic E-state index is 10.7. The molecule has 1 fully saturated rings. The summed E-state index contributed by atoms with van der Waals surface area (Å²) in [7, 11) is -3.72. The first-order chi connectivity index (χ1) is 11.6. The molecule has 0 spiro atoms. The first-order valence-corrected chi connectivity index (χ1v) is 11.0. The number of hydrogen-bond donors (Lipinski definition) is 0. The first-order valence-electron chi connectivity index (χ1n) is 7.92. The highest BCUT2D eigenvalue weighted by Gasteiger charge is 2.37. The van der Waals surface area contributed by atoms with Crippen molar-refractivity contribution in [2.45, 2.75) is 43.4 Å². The van der Waals surface area contributed by atoms with Crippen molar-refractivity contribution < 1.29 is 30.9 Å². The van der Waals surface area contributed by atoms with Crippen LogP contribution in [0.5, 0.6) is 5.75 Å². The molecular formula is C16H23F3O4S2. The molecule has 2 rings (SSSR count). The average Bonchev–Trinajstić information content (AvgIpc) is 3.00. The van der Waals surface area contributed by atoms with Crippen LogP contribution in [0, 0.1) is 0 Å². The van der Waals surface area contributed by atoms with E-state index in [-0.39, 0.29) is 0 Å². The lowest BCUT2D eigenvalue weighted by molar-refractivity contribution is -0.0517. The quantitative estimate of drug-likeness (QED) is 0.426. The Hall–Kier alpha value is -0.930. The van der Waals surface area contributed by atoms with Gasteiger partial charge in [-0.05, 0) is 35.9 Å². The molecule has 0 saturated carbocycles. The van der Waals surface area contributed by atoms with Crippen molar-refractivity contribution >= 4 is 21.0 Å². The van der Waals surface area contributed by atoms with Crippen molar-refractivity contribution in [1.82, 2.24) is 0 Å². The number of methoxy groups -OCH3 is 1. The minimum Gasteiger partial charge on any atom is -0.741 e. The van der Waals surface area contributed by atoms with Gasteiger partial charge in [-0.3, -0.25) is 0 Å². The van der Waals surface area contributed by atoms with Crippen molar-refractivity contribution in [3.63, 3.8) is 0 Å². The average molecular weight is 400 g/mol. The monoisotopic (exact) mass is 400 g/mol. The third kappa shape index (κ3) is 7.07. The van der Waals surface area contributed by atoms with Gasteiger partial charge in [0.15, 0.2) is 10.1 Å². The van der Waals surface area contributed by atoms with E-state index in [0.717, 1.165) is 11.0 Å². The molecule has 1 saturated heterocycles. The zero-order chi connectivity index (χ0) is 19.1. The molecule has 144 valence electrons. The third-order valence-corrected chi connectivity index (χ3v) is 7.31. The first kappa shape index (κ1) is 22.1. The van der Waals surface area contributed by atoms with Crippen LogP contribution in [0.3, 0.4) is 0 Å². The van der Waals surface area contributed by atoms with E-state index < -0.39 is 15.6 Å². The van der Waals surface area contributed by atoms with Crippen LogP contribution in [0.25, 0.3) is 0 Å². The lowest BCUT2D eigenvalue weighted by Crippen LogP contribution is -2.21. The molecule has 0 amide bonds. The second-order valence-corrected chi connectivity index (χ2v) is 9.43. The van der Waals surface area contributed by atoms with E-state index in [1.54, 1.807) is 7.11 Å². The van der Waals surface area contributed by atoms with Gasteiger partial charge in [-0.25, -0.2) is 8.42 Å². The van der Waals surface area contributed by atoms with Crippen LogP contribution in [-0.2, 0) is 21.0 Å². The van der Waals surface area contributed by atoms with Crippen molar-refractivity contribution in [3.05, 3.63) is 29.8 Å². The maximum absolute atomic E-state index is 10.7. The molecule has 4 nitrogen and oxygen atoms in total. The molecule has 1 heterocycles. The van der Waals surface area contributed by atoms with Crippen LogP contribution < -0.4 is 4.74 Å². The molecule has 25 heavy (non-hydrogen) atoms. The largest absolute Gasteiger partial charge is 0.741 e. The van der Waals surface area contributed by atoms with E-state index in [0.29, 0.717) is 10.9 Å². The van der Waals surface area contributed by atoms with Gasteiger partial charge in [0, 0.05) is 12.0 Å². The Morgan fingerprint density at radius 2 is 1.84 bits per heavy atom. The Labute approximate surface area is 149 Å². The molecule has 1 aromatic rings. The standard InChI is InChI=1S/C15H23OS.CHF3O3S/c1-3-4-11-17-12-5-6-15(17)13-7-9-14(16-2)10-8-13;2-1(3,4)8(5,6)7/h7-10,15H,3-6,11-12H2,1-2H3;(H,5,6,7)/q+1;/p-1. The fraction of sp³-hybridized carbons (Fsp3) is 0.625. The topological polar surface area (TPSA) is 66.4 Å². The normalized spacial score (nSPS) is 20.7. The van der Waals surface area contributed by atoms with Crippen LogP contribution in [0.2, 0.25) is 0 Å². The summed E-state index contributed by atoms with van der Waals surface area (Å²) < 4.78 is 64.1. The lowest BCUT2D eigenvalue weighted by Gasteiger charge is -2.12. The Kier molecular flexibility index (Phi) is 8.56. The zero-order valence-corrected chi connectivity index (χ0v) is 15.8. The van der Waals surface area contributed by atoms with Crippen LogP contribution in [-0.4, -0.2) is 37.1 Å². The highest BCUT2D eigenvalue weighted by molar-refractivity contribution is 7.97. The summed E-state index contributed by atoms with van der Waals surface area (Å²) in [5, 5.41) is 0.826. The number of halogens is 3. The molecule has 1 aromatic carbocycles. The van der Waals surface area contributed by atoms with Gasteiger partial charge < -0.3 is 9.29 Å². The van der Waals surface area contributed by atoms with E-state index in [4.69, 9.17) is 17.7 Å². The number of ether oxygens (including phenoxy) is 1. The highest BCUT2D eigenvalue weighted by Crippen LogP contribution is 2.37. The van der Waals surface area contributed by atoms with Crippen molar-refractivity contribution in [2.75, 3.05) is 18.6 Å². The minimum atomic E-state index is -6.09.